The van der Waals surface area contributed by atoms with Crippen molar-refractivity contribution in [2.24, 2.45) is 0 Å². The molecule has 2 aromatic rings. The fraction of sp³-hybridized carbons (Fsp3) is 0.318. The van der Waals surface area contributed by atoms with Crippen LogP contribution in [0.15, 0.2) is 54.7 Å². The van der Waals surface area contributed by atoms with E-state index >= 15 is 0 Å². The fourth-order valence-electron chi connectivity index (χ4n) is 3.50. The van der Waals surface area contributed by atoms with Crippen LogP contribution in [0, 0.1) is 24.0 Å². The van der Waals surface area contributed by atoms with Crippen molar-refractivity contribution in [3.05, 3.63) is 87.1 Å². The van der Waals surface area contributed by atoms with Gasteiger partial charge < -0.3 is 4.90 Å². The molecule has 146 valence electrons. The molecule has 1 aliphatic rings. The van der Waals surface area contributed by atoms with Crippen LogP contribution >= 0.6 is 0 Å². The summed E-state index contributed by atoms with van der Waals surface area (Å²) in [4.78, 5) is 27.4. The molecule has 0 aromatic heterocycles. The quantitative estimate of drug-likeness (QED) is 0.331. The lowest BCUT2D eigenvalue weighted by molar-refractivity contribution is -0.385. The molecule has 2 aromatic carbocycles. The zero-order valence-electron chi connectivity index (χ0n) is 16.3. The summed E-state index contributed by atoms with van der Waals surface area (Å²) in [6.07, 6.45) is 3.19. The minimum absolute atomic E-state index is 0.123. The second kappa shape index (κ2) is 8.80. The van der Waals surface area contributed by atoms with Crippen LogP contribution in [0.5, 0.6) is 0 Å². The van der Waals surface area contributed by atoms with Crippen molar-refractivity contribution in [3.63, 3.8) is 0 Å². The highest BCUT2D eigenvalue weighted by atomic mass is 16.6. The Balaban J connectivity index is 1.57. The molecular formula is C22H25N3O3. The van der Waals surface area contributed by atoms with Crippen LogP contribution in [0.3, 0.4) is 0 Å². The summed E-state index contributed by atoms with van der Waals surface area (Å²) >= 11 is 0. The summed E-state index contributed by atoms with van der Waals surface area (Å²) in [6, 6.07) is 12.4. The summed E-state index contributed by atoms with van der Waals surface area (Å²) in [5.74, 6) is -0.342. The number of carbonyl (C=O) groups excluding carboxylic acids is 1. The number of piperazine rings is 1. The molecule has 1 saturated heterocycles. The topological polar surface area (TPSA) is 66.7 Å². The molecule has 1 heterocycles. The Kier molecular flexibility index (Phi) is 6.21. The van der Waals surface area contributed by atoms with Gasteiger partial charge in [-0.3, -0.25) is 19.8 Å². The smallest absolute Gasteiger partial charge is 0.280 e. The Morgan fingerprint density at radius 3 is 2.32 bits per heavy atom. The van der Waals surface area contributed by atoms with Gasteiger partial charge >= 0.3 is 0 Å². The second-order valence-corrected chi connectivity index (χ2v) is 7.14. The molecule has 0 N–H and O–H groups in total. The van der Waals surface area contributed by atoms with Crippen LogP contribution in [0.25, 0.3) is 0 Å². The van der Waals surface area contributed by atoms with Gasteiger partial charge in [0, 0.05) is 51.1 Å². The van der Waals surface area contributed by atoms with Gasteiger partial charge in [-0.15, -0.1) is 0 Å². The molecule has 0 amide bonds. The SMILES string of the molecule is Cc1cccc(C)c1CN1CCN(C=CC(=O)c2ccccc2[N+](=O)[O-])CC1. The van der Waals surface area contributed by atoms with Gasteiger partial charge in [-0.2, -0.15) is 0 Å². The minimum Gasteiger partial charge on any atom is -0.375 e. The molecule has 28 heavy (non-hydrogen) atoms. The van der Waals surface area contributed by atoms with E-state index in [2.05, 4.69) is 41.8 Å². The Hall–Kier alpha value is -2.99. The van der Waals surface area contributed by atoms with Crippen LogP contribution in [-0.4, -0.2) is 46.7 Å². The van der Waals surface area contributed by atoms with Crippen LogP contribution in [0.2, 0.25) is 0 Å². The van der Waals surface area contributed by atoms with E-state index in [0.717, 1.165) is 32.7 Å². The Morgan fingerprint density at radius 1 is 1.04 bits per heavy atom. The number of aryl methyl sites for hydroxylation is 2. The molecule has 0 saturated carbocycles. The predicted octanol–water partition coefficient (Wildman–Crippen LogP) is 3.73. The number of allylic oxidation sites excluding steroid dienone is 1. The van der Waals surface area contributed by atoms with Crippen LogP contribution in [0.4, 0.5) is 5.69 Å². The van der Waals surface area contributed by atoms with Gasteiger partial charge in [0.05, 0.1) is 10.5 Å². The maximum absolute atomic E-state index is 12.4. The molecular weight excluding hydrogens is 354 g/mol. The molecule has 0 spiro atoms. The van der Waals surface area contributed by atoms with E-state index in [1.54, 1.807) is 18.3 Å². The van der Waals surface area contributed by atoms with Gasteiger partial charge in [0.25, 0.3) is 5.69 Å². The maximum Gasteiger partial charge on any atom is 0.280 e. The first-order valence-electron chi connectivity index (χ1n) is 9.43. The third-order valence-corrected chi connectivity index (χ3v) is 5.24. The number of nitro benzene ring substituents is 1. The number of benzene rings is 2. The first-order chi connectivity index (χ1) is 13.5. The number of hydrogen-bond acceptors (Lipinski definition) is 5. The van der Waals surface area contributed by atoms with Gasteiger partial charge in [-0.25, -0.2) is 0 Å². The lowest BCUT2D eigenvalue weighted by Gasteiger charge is -2.34. The Bertz CT molecular complexity index is 879. The number of hydrogen-bond donors (Lipinski definition) is 0. The summed E-state index contributed by atoms with van der Waals surface area (Å²) in [5, 5.41) is 11.1. The summed E-state index contributed by atoms with van der Waals surface area (Å²) in [6.45, 7) is 8.71. The molecule has 3 rings (SSSR count). The molecule has 1 fully saturated rings. The van der Waals surface area contributed by atoms with E-state index in [1.165, 1.54) is 34.9 Å². The Morgan fingerprint density at radius 2 is 1.68 bits per heavy atom. The molecule has 6 nitrogen and oxygen atoms in total. The number of ketones is 1. The number of nitrogens with zero attached hydrogens (tertiary/aromatic N) is 3. The van der Waals surface area contributed by atoms with Crippen LogP contribution in [-0.2, 0) is 6.54 Å². The number of carbonyl (C=O) groups is 1. The lowest BCUT2D eigenvalue weighted by Crippen LogP contribution is -2.43. The largest absolute Gasteiger partial charge is 0.375 e. The molecule has 0 aliphatic carbocycles. The summed E-state index contributed by atoms with van der Waals surface area (Å²) in [7, 11) is 0. The number of rotatable bonds is 6. The molecule has 1 aliphatic heterocycles. The molecule has 0 unspecified atom stereocenters. The average Bonchev–Trinajstić information content (AvgIpc) is 2.70. The van der Waals surface area contributed by atoms with Crippen molar-refractivity contribution >= 4 is 11.5 Å². The monoisotopic (exact) mass is 379 g/mol. The fourth-order valence-corrected chi connectivity index (χ4v) is 3.50. The predicted molar refractivity (Wildman–Crippen MR) is 109 cm³/mol. The summed E-state index contributed by atoms with van der Waals surface area (Å²) in [5.41, 5.74) is 3.99. The zero-order valence-corrected chi connectivity index (χ0v) is 16.3. The second-order valence-electron chi connectivity index (χ2n) is 7.14. The van der Waals surface area contributed by atoms with E-state index < -0.39 is 4.92 Å². The van der Waals surface area contributed by atoms with Crippen molar-refractivity contribution in [1.82, 2.24) is 9.80 Å². The standard InChI is InChI=1S/C22H25N3O3/c1-17-6-5-7-18(2)20(17)16-24-14-12-23(13-15-24)11-10-22(26)19-8-3-4-9-21(19)25(27)28/h3-11H,12-16H2,1-2H3. The van der Waals surface area contributed by atoms with Crippen molar-refractivity contribution < 1.29 is 9.72 Å². The highest BCUT2D eigenvalue weighted by Gasteiger charge is 2.19. The highest BCUT2D eigenvalue weighted by Crippen LogP contribution is 2.19. The van der Waals surface area contributed by atoms with Gasteiger partial charge in [0.1, 0.15) is 0 Å². The van der Waals surface area contributed by atoms with Gasteiger partial charge in [0.2, 0.25) is 0 Å². The molecule has 0 bridgehead atoms. The first-order valence-corrected chi connectivity index (χ1v) is 9.43. The summed E-state index contributed by atoms with van der Waals surface area (Å²) < 4.78 is 0. The van der Waals surface area contributed by atoms with Crippen molar-refractivity contribution in [3.8, 4) is 0 Å². The van der Waals surface area contributed by atoms with Gasteiger partial charge in [-0.05, 0) is 36.6 Å². The van der Waals surface area contributed by atoms with E-state index in [9.17, 15) is 14.9 Å². The van der Waals surface area contributed by atoms with Crippen LogP contribution < -0.4 is 0 Å². The number of para-hydroxylation sites is 1. The maximum atomic E-state index is 12.4. The molecule has 0 atom stereocenters. The van der Waals surface area contributed by atoms with Gasteiger partial charge in [0.15, 0.2) is 5.78 Å². The van der Waals surface area contributed by atoms with Crippen molar-refractivity contribution in [2.75, 3.05) is 26.2 Å². The Labute approximate surface area is 165 Å². The first kappa shape index (κ1) is 19.8. The molecule has 0 radical (unpaired) electrons. The lowest BCUT2D eigenvalue weighted by atomic mass is 10.0. The minimum atomic E-state index is -0.520. The third-order valence-electron chi connectivity index (χ3n) is 5.24. The zero-order chi connectivity index (χ0) is 20.1. The van der Waals surface area contributed by atoms with Crippen molar-refractivity contribution in [1.29, 1.82) is 0 Å². The highest BCUT2D eigenvalue weighted by molar-refractivity contribution is 6.07. The molecule has 6 heteroatoms. The van der Waals surface area contributed by atoms with Crippen molar-refractivity contribution in [2.45, 2.75) is 20.4 Å². The third kappa shape index (κ3) is 4.64. The number of nitro groups is 1. The van der Waals surface area contributed by atoms with E-state index in [4.69, 9.17) is 0 Å². The average molecular weight is 379 g/mol. The van der Waals surface area contributed by atoms with Crippen LogP contribution in [0.1, 0.15) is 27.0 Å². The van der Waals surface area contributed by atoms with E-state index in [0.29, 0.717) is 0 Å². The van der Waals surface area contributed by atoms with Gasteiger partial charge in [-0.1, -0.05) is 30.3 Å². The normalized spacial score (nSPS) is 15.1. The van der Waals surface area contributed by atoms with E-state index in [1.807, 2.05) is 0 Å². The van der Waals surface area contributed by atoms with E-state index in [-0.39, 0.29) is 17.0 Å².